The van der Waals surface area contributed by atoms with Crippen LogP contribution in [0.25, 0.3) is 71.7 Å². The molecule has 0 atom stereocenters. The van der Waals surface area contributed by atoms with Crippen molar-refractivity contribution < 1.29 is 9.15 Å². The van der Waals surface area contributed by atoms with E-state index in [-0.39, 0.29) is 5.41 Å². The van der Waals surface area contributed by atoms with Crippen molar-refractivity contribution >= 4 is 43.7 Å². The van der Waals surface area contributed by atoms with Gasteiger partial charge in [0, 0.05) is 43.8 Å². The van der Waals surface area contributed by atoms with E-state index in [1.807, 2.05) is 12.1 Å². The van der Waals surface area contributed by atoms with Crippen LogP contribution in [0.4, 0.5) is 0 Å². The lowest BCUT2D eigenvalue weighted by Gasteiger charge is -2.34. The van der Waals surface area contributed by atoms with E-state index in [0.29, 0.717) is 0 Å². The maximum absolute atomic E-state index is 6.80. The zero-order valence-corrected chi connectivity index (χ0v) is 26.7. The van der Waals surface area contributed by atoms with E-state index >= 15 is 0 Å². The van der Waals surface area contributed by atoms with E-state index in [0.717, 1.165) is 55.8 Å². The van der Waals surface area contributed by atoms with Crippen LogP contribution in [0.15, 0.2) is 156 Å². The molecule has 0 spiro atoms. The maximum Gasteiger partial charge on any atom is 0.178 e. The Bertz CT molecular complexity index is 2710. The number of furan rings is 1. The molecule has 7 aromatic carbocycles. The Kier molecular flexibility index (Phi) is 5.63. The average molecular weight is 618 g/mol. The number of benzene rings is 7. The van der Waals surface area contributed by atoms with E-state index in [1.54, 1.807) is 0 Å². The van der Waals surface area contributed by atoms with Crippen molar-refractivity contribution in [2.24, 2.45) is 0 Å². The number of fused-ring (bicyclic) bond motifs is 9. The van der Waals surface area contributed by atoms with Crippen LogP contribution >= 0.6 is 0 Å². The van der Waals surface area contributed by atoms with Gasteiger partial charge in [0.05, 0.1) is 11.0 Å². The van der Waals surface area contributed by atoms with Gasteiger partial charge in [-0.1, -0.05) is 123 Å². The first-order valence-corrected chi connectivity index (χ1v) is 16.5. The molecule has 0 saturated carbocycles. The van der Waals surface area contributed by atoms with E-state index in [2.05, 4.69) is 158 Å². The molecule has 2 aromatic heterocycles. The van der Waals surface area contributed by atoms with Gasteiger partial charge in [0.25, 0.3) is 0 Å². The minimum atomic E-state index is -0.253. The predicted molar refractivity (Wildman–Crippen MR) is 198 cm³/mol. The van der Waals surface area contributed by atoms with Crippen LogP contribution in [0.3, 0.4) is 0 Å². The molecule has 3 heterocycles. The molecule has 0 saturated heterocycles. The third-order valence-electron chi connectivity index (χ3n) is 10.3. The molecule has 0 aliphatic carbocycles. The van der Waals surface area contributed by atoms with Crippen LogP contribution in [0.1, 0.15) is 25.0 Å². The van der Waals surface area contributed by atoms with Crippen LogP contribution in [0, 0.1) is 0 Å². The molecule has 48 heavy (non-hydrogen) atoms. The monoisotopic (exact) mass is 617 g/mol. The number of para-hydroxylation sites is 2. The SMILES string of the molecule is CC1(C)c2ccc(-c3ccc4c5ccccc5n(-c5ccc(-c6ccccc6)cc5)c4c3)cc2Oc2c1ccc1c2oc2ccccc21. The van der Waals surface area contributed by atoms with Crippen molar-refractivity contribution in [3.63, 3.8) is 0 Å². The first kappa shape index (κ1) is 27.1. The van der Waals surface area contributed by atoms with Crippen molar-refractivity contribution in [3.05, 3.63) is 163 Å². The Morgan fingerprint density at radius 3 is 1.96 bits per heavy atom. The third kappa shape index (κ3) is 3.88. The van der Waals surface area contributed by atoms with Crippen molar-refractivity contribution in [1.29, 1.82) is 0 Å². The zero-order chi connectivity index (χ0) is 32.0. The second-order valence-corrected chi connectivity index (χ2v) is 13.4. The molecule has 0 N–H and O–H groups in total. The summed E-state index contributed by atoms with van der Waals surface area (Å²) < 4.78 is 15.6. The minimum absolute atomic E-state index is 0.253. The fourth-order valence-electron chi connectivity index (χ4n) is 7.78. The van der Waals surface area contributed by atoms with E-state index in [9.17, 15) is 0 Å². The predicted octanol–water partition coefficient (Wildman–Crippen LogP) is 12.4. The molecule has 0 unspecified atom stereocenters. The molecule has 0 radical (unpaired) electrons. The second kappa shape index (κ2) is 9.97. The highest BCUT2D eigenvalue weighted by molar-refractivity contribution is 6.10. The summed E-state index contributed by atoms with van der Waals surface area (Å²) in [6.45, 7) is 4.55. The summed E-state index contributed by atoms with van der Waals surface area (Å²) in [5, 5.41) is 4.66. The number of hydrogen-bond donors (Lipinski definition) is 0. The quantitative estimate of drug-likeness (QED) is 0.197. The Hall–Kier alpha value is -6.06. The van der Waals surface area contributed by atoms with Crippen LogP contribution < -0.4 is 4.74 Å². The Balaban J connectivity index is 1.11. The molecule has 9 aromatic rings. The highest BCUT2D eigenvalue weighted by Crippen LogP contribution is 2.52. The molecule has 10 rings (SSSR count). The maximum atomic E-state index is 6.80. The van der Waals surface area contributed by atoms with Gasteiger partial charge in [-0.2, -0.15) is 0 Å². The summed E-state index contributed by atoms with van der Waals surface area (Å²) in [7, 11) is 0. The number of rotatable bonds is 3. The van der Waals surface area contributed by atoms with Gasteiger partial charge in [-0.05, 0) is 64.7 Å². The summed E-state index contributed by atoms with van der Waals surface area (Å²) in [4.78, 5) is 0. The van der Waals surface area contributed by atoms with Gasteiger partial charge in [-0.25, -0.2) is 0 Å². The van der Waals surface area contributed by atoms with Crippen molar-refractivity contribution in [1.82, 2.24) is 4.57 Å². The summed E-state index contributed by atoms with van der Waals surface area (Å²) >= 11 is 0. The fourth-order valence-corrected chi connectivity index (χ4v) is 7.78. The fraction of sp³-hybridized carbons (Fsp3) is 0.0667. The molecule has 1 aliphatic rings. The molecule has 228 valence electrons. The molecule has 0 fully saturated rings. The number of ether oxygens (including phenoxy) is 1. The zero-order valence-electron chi connectivity index (χ0n) is 26.7. The van der Waals surface area contributed by atoms with Gasteiger partial charge < -0.3 is 13.7 Å². The van der Waals surface area contributed by atoms with Gasteiger partial charge >= 0.3 is 0 Å². The van der Waals surface area contributed by atoms with Crippen molar-refractivity contribution in [2.45, 2.75) is 19.3 Å². The summed E-state index contributed by atoms with van der Waals surface area (Å²) in [5.41, 5.74) is 11.9. The minimum Gasteiger partial charge on any atom is -0.453 e. The second-order valence-electron chi connectivity index (χ2n) is 13.4. The average Bonchev–Trinajstić information content (AvgIpc) is 3.68. The van der Waals surface area contributed by atoms with Gasteiger partial charge in [0.1, 0.15) is 11.3 Å². The van der Waals surface area contributed by atoms with Gasteiger partial charge in [0.2, 0.25) is 0 Å². The summed E-state index contributed by atoms with van der Waals surface area (Å²) in [6.07, 6.45) is 0. The smallest absolute Gasteiger partial charge is 0.178 e. The van der Waals surface area contributed by atoms with Crippen LogP contribution in [-0.2, 0) is 5.41 Å². The molecular weight excluding hydrogens is 587 g/mol. The van der Waals surface area contributed by atoms with E-state index in [4.69, 9.17) is 9.15 Å². The highest BCUT2D eigenvalue weighted by atomic mass is 16.5. The molecule has 3 heteroatoms. The topological polar surface area (TPSA) is 27.3 Å². The third-order valence-corrected chi connectivity index (χ3v) is 10.3. The first-order chi connectivity index (χ1) is 23.5. The normalized spacial score (nSPS) is 13.5. The Labute approximate surface area is 278 Å². The highest BCUT2D eigenvalue weighted by Gasteiger charge is 2.36. The van der Waals surface area contributed by atoms with Gasteiger partial charge in [0.15, 0.2) is 11.3 Å². The number of nitrogens with zero attached hydrogens (tertiary/aromatic N) is 1. The lowest BCUT2D eigenvalue weighted by Crippen LogP contribution is -2.24. The molecular formula is C45H31NO2. The number of hydrogen-bond acceptors (Lipinski definition) is 2. The van der Waals surface area contributed by atoms with Crippen LogP contribution in [-0.4, -0.2) is 4.57 Å². The van der Waals surface area contributed by atoms with E-state index < -0.39 is 0 Å². The summed E-state index contributed by atoms with van der Waals surface area (Å²) in [6, 6.07) is 54.2. The lowest BCUT2D eigenvalue weighted by atomic mass is 9.75. The molecule has 1 aliphatic heterocycles. The standard InChI is InChI=1S/C45H31NO2/c1-45(2)37-24-19-31(27-42(37)48-44-38(45)25-23-36-35-13-7-9-15-41(35)47-43(36)44)30-18-22-34-33-12-6-8-14-39(33)46(40(34)26-30)32-20-16-29(17-21-32)28-10-4-3-5-11-28/h3-27H,1-2H3. The largest absolute Gasteiger partial charge is 0.453 e. The Morgan fingerprint density at radius 2 is 1.10 bits per heavy atom. The van der Waals surface area contributed by atoms with Crippen LogP contribution in [0.2, 0.25) is 0 Å². The molecule has 0 amide bonds. The number of aromatic nitrogens is 1. The van der Waals surface area contributed by atoms with Crippen LogP contribution in [0.5, 0.6) is 11.5 Å². The lowest BCUT2D eigenvalue weighted by molar-refractivity contribution is 0.415. The first-order valence-electron chi connectivity index (χ1n) is 16.5. The van der Waals surface area contributed by atoms with Gasteiger partial charge in [-0.15, -0.1) is 0 Å². The molecule has 3 nitrogen and oxygen atoms in total. The van der Waals surface area contributed by atoms with E-state index in [1.165, 1.54) is 38.5 Å². The van der Waals surface area contributed by atoms with Gasteiger partial charge in [-0.3, -0.25) is 0 Å². The molecule has 0 bridgehead atoms. The van der Waals surface area contributed by atoms with Crippen molar-refractivity contribution in [2.75, 3.05) is 0 Å². The Morgan fingerprint density at radius 1 is 0.479 bits per heavy atom. The van der Waals surface area contributed by atoms with Crippen molar-refractivity contribution in [3.8, 4) is 39.4 Å². The summed E-state index contributed by atoms with van der Waals surface area (Å²) in [5.74, 6) is 1.68.